The molecule has 1 saturated heterocycles. The molecule has 0 unspecified atom stereocenters. The number of hydrogen-bond donors (Lipinski definition) is 7. The summed E-state index contributed by atoms with van der Waals surface area (Å²) in [5, 5.41) is 72.8. The fourth-order valence-corrected chi connectivity index (χ4v) is 5.00. The molecule has 3 aliphatic rings. The number of phenols is 1. The summed E-state index contributed by atoms with van der Waals surface area (Å²) in [5.41, 5.74) is -2.97. The number of ether oxygens (including phenoxy) is 5. The summed E-state index contributed by atoms with van der Waals surface area (Å²) in [6.07, 6.45) is -6.24. The fraction of sp³-hybridized carbons (Fsp3) is 0.560. The van der Waals surface area contributed by atoms with Gasteiger partial charge in [-0.25, -0.2) is 4.79 Å². The van der Waals surface area contributed by atoms with Crippen LogP contribution < -0.4 is 4.74 Å². The number of aromatic hydroxyl groups is 1. The SMILES string of the molecule is COc1cc(/C=C/C(=O)OC[C@H]2O[C@@H](O[C@@H]3OC=C[C@@]4(O)[C@H](O)C[C@](C)(O)[C@@H]34)[C@H](O)[C@@H](O)[C@@H]2O)ccc1O. The van der Waals surface area contributed by atoms with E-state index in [-0.39, 0.29) is 17.9 Å². The molecular formula is C25H32O13. The molecule has 2 heterocycles. The second-order valence-corrected chi connectivity index (χ2v) is 9.79. The van der Waals surface area contributed by atoms with Crippen LogP contribution in [0.1, 0.15) is 18.9 Å². The Bertz CT molecular complexity index is 1070. The van der Waals surface area contributed by atoms with Gasteiger partial charge in [0.25, 0.3) is 0 Å². The Morgan fingerprint density at radius 3 is 2.58 bits per heavy atom. The summed E-state index contributed by atoms with van der Waals surface area (Å²) in [7, 11) is 1.38. The average Bonchev–Trinajstić information content (AvgIpc) is 3.06. The molecule has 38 heavy (non-hydrogen) atoms. The number of carbonyl (C=O) groups excluding carboxylic acids is 1. The van der Waals surface area contributed by atoms with E-state index in [4.69, 9.17) is 23.7 Å². The number of aliphatic hydroxyl groups excluding tert-OH is 4. The monoisotopic (exact) mass is 540 g/mol. The first-order valence-electron chi connectivity index (χ1n) is 11.9. The second-order valence-electron chi connectivity index (χ2n) is 9.79. The highest BCUT2D eigenvalue weighted by Crippen LogP contribution is 2.49. The third-order valence-electron chi connectivity index (χ3n) is 7.07. The minimum atomic E-state index is -1.88. The van der Waals surface area contributed by atoms with Crippen LogP contribution in [0.4, 0.5) is 0 Å². The van der Waals surface area contributed by atoms with E-state index in [1.807, 2.05) is 0 Å². The zero-order valence-corrected chi connectivity index (χ0v) is 20.7. The van der Waals surface area contributed by atoms with Gasteiger partial charge in [-0.15, -0.1) is 0 Å². The number of benzene rings is 1. The molecular weight excluding hydrogens is 508 g/mol. The zero-order chi connectivity index (χ0) is 27.8. The molecule has 0 spiro atoms. The van der Waals surface area contributed by atoms with Gasteiger partial charge in [-0.2, -0.15) is 0 Å². The fourth-order valence-electron chi connectivity index (χ4n) is 5.00. The summed E-state index contributed by atoms with van der Waals surface area (Å²) in [4.78, 5) is 12.2. The first-order valence-corrected chi connectivity index (χ1v) is 11.9. The molecule has 7 N–H and O–H groups in total. The van der Waals surface area contributed by atoms with Crippen molar-refractivity contribution in [3.8, 4) is 11.5 Å². The van der Waals surface area contributed by atoms with Gasteiger partial charge in [-0.3, -0.25) is 0 Å². The van der Waals surface area contributed by atoms with E-state index in [9.17, 15) is 40.5 Å². The van der Waals surface area contributed by atoms with Crippen molar-refractivity contribution in [1.29, 1.82) is 0 Å². The molecule has 0 amide bonds. The Labute approximate surface area is 217 Å². The van der Waals surface area contributed by atoms with Crippen LogP contribution in [0, 0.1) is 5.92 Å². The summed E-state index contributed by atoms with van der Waals surface area (Å²) in [6.45, 7) is 0.862. The van der Waals surface area contributed by atoms with Crippen LogP contribution in [0.2, 0.25) is 0 Å². The number of phenolic OH excluding ortho intramolecular Hbond substituents is 1. The van der Waals surface area contributed by atoms with Gasteiger partial charge in [0.1, 0.15) is 36.6 Å². The number of methoxy groups -OCH3 is 1. The van der Waals surface area contributed by atoms with E-state index in [0.29, 0.717) is 5.56 Å². The Balaban J connectivity index is 1.40. The number of rotatable bonds is 7. The average molecular weight is 541 g/mol. The summed E-state index contributed by atoms with van der Waals surface area (Å²) in [6, 6.07) is 4.43. The number of esters is 1. The van der Waals surface area contributed by atoms with E-state index >= 15 is 0 Å². The van der Waals surface area contributed by atoms with Crippen LogP contribution in [0.5, 0.6) is 11.5 Å². The highest BCUT2D eigenvalue weighted by Gasteiger charge is 2.64. The van der Waals surface area contributed by atoms with Gasteiger partial charge >= 0.3 is 5.97 Å². The van der Waals surface area contributed by atoms with Crippen molar-refractivity contribution in [2.75, 3.05) is 13.7 Å². The van der Waals surface area contributed by atoms with Crippen LogP contribution in [0.3, 0.4) is 0 Å². The third kappa shape index (κ3) is 5.37. The first kappa shape index (κ1) is 28.3. The largest absolute Gasteiger partial charge is 0.504 e. The maximum atomic E-state index is 12.2. The number of aliphatic hydroxyl groups is 6. The highest BCUT2D eigenvalue weighted by molar-refractivity contribution is 5.87. The van der Waals surface area contributed by atoms with E-state index in [0.717, 1.165) is 12.3 Å². The van der Waals surface area contributed by atoms with Crippen LogP contribution in [0.25, 0.3) is 6.08 Å². The molecule has 13 nitrogen and oxygen atoms in total. The highest BCUT2D eigenvalue weighted by atomic mass is 16.8. The predicted octanol–water partition coefficient (Wildman–Crippen LogP) is -1.49. The summed E-state index contributed by atoms with van der Waals surface area (Å²) >= 11 is 0. The molecule has 2 aliphatic heterocycles. The third-order valence-corrected chi connectivity index (χ3v) is 7.07. The Morgan fingerprint density at radius 1 is 1.13 bits per heavy atom. The molecule has 1 saturated carbocycles. The van der Waals surface area contributed by atoms with Gasteiger partial charge < -0.3 is 59.4 Å². The summed E-state index contributed by atoms with van der Waals surface area (Å²) < 4.78 is 26.7. The molecule has 210 valence electrons. The van der Waals surface area contributed by atoms with Gasteiger partial charge in [-0.05, 0) is 36.8 Å². The minimum absolute atomic E-state index is 0.0692. The molecule has 13 heteroatoms. The van der Waals surface area contributed by atoms with E-state index in [2.05, 4.69) is 0 Å². The van der Waals surface area contributed by atoms with Crippen molar-refractivity contribution >= 4 is 12.0 Å². The zero-order valence-electron chi connectivity index (χ0n) is 20.7. The van der Waals surface area contributed by atoms with Gasteiger partial charge in [0.2, 0.25) is 6.29 Å². The van der Waals surface area contributed by atoms with Crippen molar-refractivity contribution < 1.29 is 64.2 Å². The van der Waals surface area contributed by atoms with Crippen LogP contribution in [-0.4, -0.2) is 110 Å². The maximum Gasteiger partial charge on any atom is 0.330 e. The van der Waals surface area contributed by atoms with Crippen molar-refractivity contribution in [3.63, 3.8) is 0 Å². The van der Waals surface area contributed by atoms with Gasteiger partial charge in [0, 0.05) is 12.5 Å². The molecule has 1 aromatic rings. The van der Waals surface area contributed by atoms with Crippen molar-refractivity contribution in [3.05, 3.63) is 42.2 Å². The van der Waals surface area contributed by atoms with E-state index < -0.39 is 72.8 Å². The Morgan fingerprint density at radius 2 is 1.87 bits per heavy atom. The second kappa shape index (κ2) is 10.8. The van der Waals surface area contributed by atoms with Gasteiger partial charge in [0.05, 0.1) is 31.0 Å². The van der Waals surface area contributed by atoms with E-state index in [1.54, 1.807) is 6.07 Å². The number of carbonyl (C=O) groups is 1. The normalized spacial score (nSPS) is 40.5. The molecule has 1 aliphatic carbocycles. The Kier molecular flexibility index (Phi) is 8.02. The van der Waals surface area contributed by atoms with Crippen LogP contribution in [-0.2, 0) is 23.7 Å². The Hall–Kier alpha value is -2.75. The lowest BCUT2D eigenvalue weighted by Gasteiger charge is -2.45. The summed E-state index contributed by atoms with van der Waals surface area (Å²) in [5.74, 6) is -1.86. The van der Waals surface area contributed by atoms with Gasteiger partial charge in [-0.1, -0.05) is 6.07 Å². The minimum Gasteiger partial charge on any atom is -0.504 e. The molecule has 1 aromatic carbocycles. The van der Waals surface area contributed by atoms with Crippen LogP contribution >= 0.6 is 0 Å². The smallest absolute Gasteiger partial charge is 0.330 e. The standard InChI is InChI=1S/C25H32O13/c1-24(32)10-16(27)25(33)7-8-35-23(21(24)25)38-22-20(31)19(30)18(29)15(37-22)11-36-17(28)6-4-12-3-5-13(26)14(9-12)34-2/h3-9,15-16,18-23,26-27,29-33H,10-11H2,1-2H3/b6-4+/t15-,16-,18-,19+,20-,21-,22+,23+,24+,25-/m1/s1. The van der Waals surface area contributed by atoms with E-state index in [1.165, 1.54) is 38.3 Å². The number of hydrogen-bond acceptors (Lipinski definition) is 13. The lowest BCUT2D eigenvalue weighted by atomic mass is 9.81. The lowest BCUT2D eigenvalue weighted by Crippen LogP contribution is -2.62. The molecule has 10 atom stereocenters. The molecule has 0 aromatic heterocycles. The first-order chi connectivity index (χ1) is 17.9. The predicted molar refractivity (Wildman–Crippen MR) is 126 cm³/mol. The molecule has 2 fully saturated rings. The van der Waals surface area contributed by atoms with Crippen molar-refractivity contribution in [1.82, 2.24) is 0 Å². The van der Waals surface area contributed by atoms with Gasteiger partial charge in [0.15, 0.2) is 17.8 Å². The van der Waals surface area contributed by atoms with Crippen molar-refractivity contribution in [2.24, 2.45) is 5.92 Å². The molecule has 0 bridgehead atoms. The van der Waals surface area contributed by atoms with Crippen molar-refractivity contribution in [2.45, 2.75) is 67.6 Å². The number of fused-ring (bicyclic) bond motifs is 1. The molecule has 4 rings (SSSR count). The van der Waals surface area contributed by atoms with Crippen LogP contribution in [0.15, 0.2) is 36.6 Å². The quantitative estimate of drug-likeness (QED) is 0.156. The lowest BCUT2D eigenvalue weighted by molar-refractivity contribution is -0.351. The topological polar surface area (TPSA) is 205 Å². The maximum absolute atomic E-state index is 12.2. The molecule has 0 radical (unpaired) electrons.